The van der Waals surface area contributed by atoms with Crippen molar-refractivity contribution in [2.75, 3.05) is 6.54 Å². The summed E-state index contributed by atoms with van der Waals surface area (Å²) >= 11 is 0. The second-order valence-corrected chi connectivity index (χ2v) is 9.73. The van der Waals surface area contributed by atoms with Gasteiger partial charge in [0.25, 0.3) is 0 Å². The number of allylic oxidation sites excluding steroid dienone is 1. The summed E-state index contributed by atoms with van der Waals surface area (Å²) in [6.45, 7) is 6.23. The van der Waals surface area contributed by atoms with Gasteiger partial charge in [-0.3, -0.25) is 4.99 Å². The molecule has 0 amide bonds. The molecule has 0 saturated heterocycles. The summed E-state index contributed by atoms with van der Waals surface area (Å²) in [5, 5.41) is 6.62. The molecule has 1 aliphatic carbocycles. The van der Waals surface area contributed by atoms with Gasteiger partial charge in [-0.1, -0.05) is 43.7 Å². The monoisotopic (exact) mass is 537 g/mol. The molecule has 2 aromatic rings. The van der Waals surface area contributed by atoms with Gasteiger partial charge in [0, 0.05) is 18.2 Å². The lowest BCUT2D eigenvalue weighted by Crippen LogP contribution is -2.47. The van der Waals surface area contributed by atoms with E-state index >= 15 is 0 Å². The molecule has 1 aliphatic heterocycles. The van der Waals surface area contributed by atoms with Crippen molar-refractivity contribution < 1.29 is 31.1 Å². The van der Waals surface area contributed by atoms with Crippen molar-refractivity contribution in [3.8, 4) is 5.75 Å². The highest BCUT2D eigenvalue weighted by molar-refractivity contribution is 5.95. The van der Waals surface area contributed by atoms with Crippen LogP contribution in [0.15, 0.2) is 77.6 Å². The molecule has 204 valence electrons. The molecule has 1 heterocycles. The topological polar surface area (TPSA) is 45.7 Å². The van der Waals surface area contributed by atoms with Crippen LogP contribution in [0.2, 0.25) is 0 Å². The third-order valence-corrected chi connectivity index (χ3v) is 6.78. The molecule has 2 aromatic carbocycles. The van der Waals surface area contributed by atoms with E-state index < -0.39 is 29.4 Å². The van der Waals surface area contributed by atoms with Gasteiger partial charge >= 0.3 is 12.5 Å². The Bertz CT molecular complexity index is 1230. The van der Waals surface area contributed by atoms with Crippen LogP contribution in [0.5, 0.6) is 5.75 Å². The van der Waals surface area contributed by atoms with E-state index in [0.29, 0.717) is 17.9 Å². The molecule has 0 bridgehead atoms. The summed E-state index contributed by atoms with van der Waals surface area (Å²) in [5.74, 6) is -0.108. The SMILES string of the molecule is C=C(NC1CCCC1)NC(CC1=CC(C)=NC1)(c1cccc(OC(F)(F)F)c1)c1cccc(C(F)(F)F)c1. The number of nitrogens with one attached hydrogen (secondary N) is 2. The van der Waals surface area contributed by atoms with Gasteiger partial charge in [-0.2, -0.15) is 13.2 Å². The Kier molecular flexibility index (Phi) is 7.80. The fourth-order valence-corrected chi connectivity index (χ4v) is 5.15. The Balaban J connectivity index is 1.86. The Morgan fingerprint density at radius 1 is 0.974 bits per heavy atom. The number of rotatable bonds is 9. The quantitative estimate of drug-likeness (QED) is 0.332. The largest absolute Gasteiger partial charge is 0.573 e. The first-order chi connectivity index (χ1) is 17.8. The van der Waals surface area contributed by atoms with Crippen LogP contribution < -0.4 is 15.4 Å². The van der Waals surface area contributed by atoms with Gasteiger partial charge < -0.3 is 15.4 Å². The summed E-state index contributed by atoms with van der Waals surface area (Å²) in [6.07, 6.45) is -3.64. The normalized spacial score (nSPS) is 18.0. The van der Waals surface area contributed by atoms with E-state index in [2.05, 4.69) is 26.9 Å². The second kappa shape index (κ2) is 10.7. The first-order valence-corrected chi connectivity index (χ1v) is 12.3. The summed E-state index contributed by atoms with van der Waals surface area (Å²) in [5.41, 5.74) is -0.208. The smallest absolute Gasteiger partial charge is 0.406 e. The zero-order valence-corrected chi connectivity index (χ0v) is 20.8. The molecule has 38 heavy (non-hydrogen) atoms. The lowest BCUT2D eigenvalue weighted by atomic mass is 9.77. The molecule has 10 heteroatoms. The highest BCUT2D eigenvalue weighted by Crippen LogP contribution is 2.41. The van der Waals surface area contributed by atoms with Crippen LogP contribution in [0, 0.1) is 0 Å². The molecule has 0 radical (unpaired) electrons. The standard InChI is InChI=1S/C28H29F6N3O/c1-18-13-20(17-35-18)16-26(37-19(2)36-24-10-3-4-11-24,21-7-5-9-23(14-21)27(29,30)31)22-8-6-12-25(15-22)38-28(32,33)34/h5-9,12-15,24,36-37H,2-4,10-11,16-17H2,1H3. The van der Waals surface area contributed by atoms with Crippen molar-refractivity contribution in [2.24, 2.45) is 4.99 Å². The van der Waals surface area contributed by atoms with Crippen molar-refractivity contribution in [3.63, 3.8) is 0 Å². The van der Waals surface area contributed by atoms with Crippen LogP contribution in [0.1, 0.15) is 55.7 Å². The van der Waals surface area contributed by atoms with E-state index in [1.165, 1.54) is 24.3 Å². The van der Waals surface area contributed by atoms with Gasteiger partial charge in [0.1, 0.15) is 5.75 Å². The maximum Gasteiger partial charge on any atom is 0.573 e. The van der Waals surface area contributed by atoms with E-state index in [4.69, 9.17) is 0 Å². The van der Waals surface area contributed by atoms with Crippen molar-refractivity contribution in [1.29, 1.82) is 0 Å². The van der Waals surface area contributed by atoms with Gasteiger partial charge in [0.2, 0.25) is 0 Å². The Morgan fingerprint density at radius 2 is 1.61 bits per heavy atom. The first kappa shape index (κ1) is 27.6. The van der Waals surface area contributed by atoms with Gasteiger partial charge in [-0.25, -0.2) is 0 Å². The lowest BCUT2D eigenvalue weighted by molar-refractivity contribution is -0.274. The number of benzene rings is 2. The molecule has 1 unspecified atom stereocenters. The Morgan fingerprint density at radius 3 is 2.21 bits per heavy atom. The number of alkyl halides is 6. The predicted molar refractivity (Wildman–Crippen MR) is 134 cm³/mol. The van der Waals surface area contributed by atoms with Crippen LogP contribution in [0.3, 0.4) is 0 Å². The molecule has 1 fully saturated rings. The molecule has 1 saturated carbocycles. The highest BCUT2D eigenvalue weighted by atomic mass is 19.4. The minimum atomic E-state index is -4.93. The van der Waals surface area contributed by atoms with Gasteiger partial charge in [0.05, 0.1) is 23.5 Å². The zero-order chi connectivity index (χ0) is 27.6. The van der Waals surface area contributed by atoms with Crippen molar-refractivity contribution in [1.82, 2.24) is 10.6 Å². The third-order valence-electron chi connectivity index (χ3n) is 6.78. The molecule has 1 atom stereocenters. The Labute approximate surface area is 217 Å². The maximum absolute atomic E-state index is 13.8. The van der Waals surface area contributed by atoms with E-state index in [0.717, 1.165) is 55.2 Å². The fraction of sp³-hybridized carbons (Fsp3) is 0.393. The van der Waals surface area contributed by atoms with Crippen molar-refractivity contribution in [2.45, 2.75) is 63.1 Å². The average molecular weight is 538 g/mol. The summed E-state index contributed by atoms with van der Waals surface area (Å²) in [4.78, 5) is 4.38. The Hall–Kier alpha value is -3.43. The summed E-state index contributed by atoms with van der Waals surface area (Å²) < 4.78 is 84.7. The molecule has 4 nitrogen and oxygen atoms in total. The number of halogens is 6. The summed E-state index contributed by atoms with van der Waals surface area (Å²) in [6, 6.07) is 10.3. The number of nitrogens with zero attached hydrogens (tertiary/aromatic N) is 1. The van der Waals surface area contributed by atoms with Gasteiger partial charge in [-0.15, -0.1) is 13.2 Å². The molecule has 0 spiro atoms. The van der Waals surface area contributed by atoms with E-state index in [1.807, 2.05) is 13.0 Å². The molecule has 4 rings (SSSR count). The van der Waals surface area contributed by atoms with Gasteiger partial charge in [0.15, 0.2) is 0 Å². The molecule has 2 aliphatic rings. The van der Waals surface area contributed by atoms with E-state index in [-0.39, 0.29) is 18.0 Å². The molecular weight excluding hydrogens is 508 g/mol. The second-order valence-electron chi connectivity index (χ2n) is 9.73. The van der Waals surface area contributed by atoms with Crippen molar-refractivity contribution >= 4 is 5.71 Å². The van der Waals surface area contributed by atoms with Crippen LogP contribution in [-0.2, 0) is 11.7 Å². The van der Waals surface area contributed by atoms with Crippen LogP contribution in [-0.4, -0.2) is 24.7 Å². The zero-order valence-electron chi connectivity index (χ0n) is 20.8. The molecule has 0 aromatic heterocycles. The number of ether oxygens (including phenoxy) is 1. The first-order valence-electron chi connectivity index (χ1n) is 12.3. The number of hydrogen-bond acceptors (Lipinski definition) is 4. The average Bonchev–Trinajstić information content (AvgIpc) is 3.48. The number of hydrogen-bond donors (Lipinski definition) is 2. The van der Waals surface area contributed by atoms with Crippen LogP contribution in [0.25, 0.3) is 0 Å². The highest BCUT2D eigenvalue weighted by Gasteiger charge is 2.40. The minimum absolute atomic E-state index is 0.135. The third kappa shape index (κ3) is 6.71. The summed E-state index contributed by atoms with van der Waals surface area (Å²) in [7, 11) is 0. The van der Waals surface area contributed by atoms with E-state index in [9.17, 15) is 26.3 Å². The van der Waals surface area contributed by atoms with Gasteiger partial charge in [-0.05, 0) is 66.8 Å². The lowest BCUT2D eigenvalue weighted by Gasteiger charge is -2.39. The molecular formula is C28H29F6N3O. The number of aliphatic imine (C=N–C) groups is 1. The fourth-order valence-electron chi connectivity index (χ4n) is 5.15. The minimum Gasteiger partial charge on any atom is -0.406 e. The van der Waals surface area contributed by atoms with Crippen LogP contribution >= 0.6 is 0 Å². The van der Waals surface area contributed by atoms with Crippen LogP contribution in [0.4, 0.5) is 26.3 Å². The maximum atomic E-state index is 13.8. The van der Waals surface area contributed by atoms with E-state index in [1.54, 1.807) is 6.07 Å². The van der Waals surface area contributed by atoms with Crippen molar-refractivity contribution in [3.05, 3.63) is 89.3 Å². The predicted octanol–water partition coefficient (Wildman–Crippen LogP) is 7.23. The molecule has 2 N–H and O–H groups in total.